The maximum Gasteiger partial charge on any atom is 0.352 e. The van der Waals surface area contributed by atoms with E-state index in [4.69, 9.17) is 10.2 Å². The van der Waals surface area contributed by atoms with Gasteiger partial charge in [0.1, 0.15) is 11.4 Å². The van der Waals surface area contributed by atoms with Crippen molar-refractivity contribution < 1.29 is 19.8 Å². The van der Waals surface area contributed by atoms with Crippen LogP contribution >= 0.6 is 0 Å². The molecular weight excluding hydrogens is 222 g/mol. The lowest BCUT2D eigenvalue weighted by molar-refractivity contribution is 0.0691. The number of aromatic amines is 1. The Hall–Kier alpha value is -2.56. The van der Waals surface area contributed by atoms with Gasteiger partial charge in [-0.2, -0.15) is 0 Å². The first-order valence-corrected chi connectivity index (χ1v) is 4.83. The average molecular weight is 231 g/mol. The zero-order valence-electron chi connectivity index (χ0n) is 8.68. The maximum absolute atomic E-state index is 11.9. The van der Waals surface area contributed by atoms with Gasteiger partial charge in [-0.25, -0.2) is 4.79 Å². The van der Waals surface area contributed by atoms with Gasteiger partial charge in [0.15, 0.2) is 5.78 Å². The molecule has 0 fully saturated rings. The Morgan fingerprint density at radius 1 is 1.06 bits per heavy atom. The lowest BCUT2D eigenvalue weighted by atomic mass is 10.1. The van der Waals surface area contributed by atoms with Crippen molar-refractivity contribution in [3.8, 4) is 5.75 Å². The van der Waals surface area contributed by atoms with Crippen molar-refractivity contribution in [3.05, 3.63) is 53.3 Å². The number of nitrogens with one attached hydrogen (secondary N) is 1. The monoisotopic (exact) mass is 231 g/mol. The highest BCUT2D eigenvalue weighted by atomic mass is 16.4. The standard InChI is InChI=1S/C12H9NO4/c14-9-3-1-7(2-4-9)11(15)8-5-10(12(16)17)13-6-8/h1-6,13-14H,(H,16,17). The second-order valence-electron chi connectivity index (χ2n) is 3.48. The van der Waals surface area contributed by atoms with E-state index in [0.29, 0.717) is 5.56 Å². The number of aromatic nitrogens is 1. The van der Waals surface area contributed by atoms with Gasteiger partial charge in [-0.05, 0) is 30.3 Å². The summed E-state index contributed by atoms with van der Waals surface area (Å²) in [6, 6.07) is 7.03. The number of carbonyl (C=O) groups is 2. The van der Waals surface area contributed by atoms with Crippen LogP contribution in [-0.4, -0.2) is 26.9 Å². The number of H-pyrrole nitrogens is 1. The second-order valence-corrected chi connectivity index (χ2v) is 3.48. The van der Waals surface area contributed by atoms with Crippen molar-refractivity contribution in [2.45, 2.75) is 0 Å². The van der Waals surface area contributed by atoms with E-state index >= 15 is 0 Å². The number of aromatic hydroxyl groups is 1. The maximum atomic E-state index is 11.9. The number of aromatic carboxylic acids is 1. The van der Waals surface area contributed by atoms with Crippen molar-refractivity contribution >= 4 is 11.8 Å². The largest absolute Gasteiger partial charge is 0.508 e. The van der Waals surface area contributed by atoms with E-state index in [1.54, 1.807) is 0 Å². The molecule has 1 aromatic heterocycles. The van der Waals surface area contributed by atoms with Crippen LogP contribution in [0.2, 0.25) is 0 Å². The second kappa shape index (κ2) is 4.13. The molecule has 86 valence electrons. The lowest BCUT2D eigenvalue weighted by Crippen LogP contribution is -1.99. The summed E-state index contributed by atoms with van der Waals surface area (Å²) in [4.78, 5) is 25.0. The Morgan fingerprint density at radius 3 is 2.24 bits per heavy atom. The van der Waals surface area contributed by atoms with Crippen molar-refractivity contribution in [1.29, 1.82) is 0 Å². The molecule has 0 saturated carbocycles. The van der Waals surface area contributed by atoms with Gasteiger partial charge in [0.2, 0.25) is 0 Å². The molecule has 1 aromatic carbocycles. The Morgan fingerprint density at radius 2 is 1.71 bits per heavy atom. The molecule has 0 aliphatic rings. The van der Waals surface area contributed by atoms with Crippen molar-refractivity contribution in [2.24, 2.45) is 0 Å². The van der Waals surface area contributed by atoms with Gasteiger partial charge in [-0.1, -0.05) is 0 Å². The summed E-state index contributed by atoms with van der Waals surface area (Å²) in [6.45, 7) is 0. The number of hydrogen-bond donors (Lipinski definition) is 3. The zero-order valence-corrected chi connectivity index (χ0v) is 8.68. The van der Waals surface area contributed by atoms with E-state index in [1.165, 1.54) is 36.5 Å². The van der Waals surface area contributed by atoms with E-state index in [0.717, 1.165) is 0 Å². The lowest BCUT2D eigenvalue weighted by Gasteiger charge is -1.97. The van der Waals surface area contributed by atoms with Crippen molar-refractivity contribution in [2.75, 3.05) is 0 Å². The van der Waals surface area contributed by atoms with Crippen LogP contribution in [0.15, 0.2) is 36.5 Å². The summed E-state index contributed by atoms with van der Waals surface area (Å²) < 4.78 is 0. The Labute approximate surface area is 96.3 Å². The number of phenolic OH excluding ortho intramolecular Hbond substituents is 1. The summed E-state index contributed by atoms with van der Waals surface area (Å²) >= 11 is 0. The molecule has 2 aromatic rings. The molecule has 17 heavy (non-hydrogen) atoms. The van der Waals surface area contributed by atoms with Crippen LogP contribution in [0.4, 0.5) is 0 Å². The first kappa shape index (κ1) is 10.9. The molecule has 0 aliphatic heterocycles. The number of phenols is 1. The van der Waals surface area contributed by atoms with Gasteiger partial charge < -0.3 is 15.2 Å². The minimum Gasteiger partial charge on any atom is -0.508 e. The number of carboxylic acid groups (broad SMARTS) is 1. The number of hydrogen-bond acceptors (Lipinski definition) is 3. The Balaban J connectivity index is 2.30. The first-order chi connectivity index (χ1) is 8.08. The molecule has 0 radical (unpaired) electrons. The number of rotatable bonds is 3. The summed E-state index contributed by atoms with van der Waals surface area (Å²) in [6.07, 6.45) is 1.35. The average Bonchev–Trinajstić information content (AvgIpc) is 2.78. The smallest absolute Gasteiger partial charge is 0.352 e. The number of carbonyl (C=O) groups excluding carboxylic acids is 1. The minimum atomic E-state index is -1.12. The molecule has 0 spiro atoms. The summed E-state index contributed by atoms with van der Waals surface area (Å²) in [5.74, 6) is -1.34. The summed E-state index contributed by atoms with van der Waals surface area (Å²) in [7, 11) is 0. The fourth-order valence-corrected chi connectivity index (χ4v) is 1.43. The van der Waals surface area contributed by atoms with Crippen LogP contribution in [0.5, 0.6) is 5.75 Å². The molecule has 0 atom stereocenters. The fourth-order valence-electron chi connectivity index (χ4n) is 1.43. The van der Waals surface area contributed by atoms with E-state index in [2.05, 4.69) is 4.98 Å². The summed E-state index contributed by atoms with van der Waals surface area (Å²) in [5.41, 5.74) is 0.624. The van der Waals surface area contributed by atoms with Gasteiger partial charge >= 0.3 is 5.97 Å². The molecule has 1 heterocycles. The predicted octanol–water partition coefficient (Wildman–Crippen LogP) is 1.65. The number of benzene rings is 1. The number of carboxylic acids is 1. The fraction of sp³-hybridized carbons (Fsp3) is 0. The molecule has 5 heteroatoms. The zero-order chi connectivity index (χ0) is 12.4. The van der Waals surface area contributed by atoms with Crippen LogP contribution in [0.25, 0.3) is 0 Å². The van der Waals surface area contributed by atoms with Crippen LogP contribution < -0.4 is 0 Å². The normalized spacial score (nSPS) is 10.1. The molecule has 5 nitrogen and oxygen atoms in total. The van der Waals surface area contributed by atoms with Crippen LogP contribution in [-0.2, 0) is 0 Å². The van der Waals surface area contributed by atoms with Crippen LogP contribution in [0.1, 0.15) is 26.4 Å². The highest BCUT2D eigenvalue weighted by Gasteiger charge is 2.13. The molecule has 0 saturated heterocycles. The first-order valence-electron chi connectivity index (χ1n) is 4.83. The quantitative estimate of drug-likeness (QED) is 0.700. The molecule has 3 N–H and O–H groups in total. The van der Waals surface area contributed by atoms with Crippen molar-refractivity contribution in [1.82, 2.24) is 4.98 Å². The van der Waals surface area contributed by atoms with Crippen molar-refractivity contribution in [3.63, 3.8) is 0 Å². The van der Waals surface area contributed by atoms with Gasteiger partial charge in [0.05, 0.1) is 0 Å². The molecule has 0 aliphatic carbocycles. The SMILES string of the molecule is O=C(c1ccc(O)cc1)c1c[nH]c(C(=O)O)c1. The van der Waals surface area contributed by atoms with Gasteiger partial charge in [-0.3, -0.25) is 4.79 Å². The Bertz CT molecular complexity index is 568. The summed E-state index contributed by atoms with van der Waals surface area (Å²) in [5, 5.41) is 17.8. The minimum absolute atomic E-state index is 0.0351. The van der Waals surface area contributed by atoms with Crippen LogP contribution in [0, 0.1) is 0 Å². The van der Waals surface area contributed by atoms with Gasteiger partial charge in [0, 0.05) is 17.3 Å². The number of ketones is 1. The van der Waals surface area contributed by atoms with Crippen LogP contribution in [0.3, 0.4) is 0 Å². The van der Waals surface area contributed by atoms with E-state index in [-0.39, 0.29) is 22.8 Å². The van der Waals surface area contributed by atoms with E-state index in [9.17, 15) is 9.59 Å². The topological polar surface area (TPSA) is 90.4 Å². The molecule has 0 unspecified atom stereocenters. The Kier molecular flexibility index (Phi) is 2.66. The third-order valence-electron chi connectivity index (χ3n) is 2.31. The highest BCUT2D eigenvalue weighted by molar-refractivity contribution is 6.09. The molecular formula is C12H9NO4. The van der Waals surface area contributed by atoms with Gasteiger partial charge in [0.25, 0.3) is 0 Å². The van der Waals surface area contributed by atoms with E-state index in [1.807, 2.05) is 0 Å². The third-order valence-corrected chi connectivity index (χ3v) is 2.31. The third kappa shape index (κ3) is 2.17. The molecule has 2 rings (SSSR count). The predicted molar refractivity (Wildman–Crippen MR) is 59.3 cm³/mol. The molecule has 0 bridgehead atoms. The van der Waals surface area contributed by atoms with E-state index < -0.39 is 5.97 Å². The van der Waals surface area contributed by atoms with Gasteiger partial charge in [-0.15, -0.1) is 0 Å². The molecule has 0 amide bonds. The highest BCUT2D eigenvalue weighted by Crippen LogP contribution is 2.14.